The number of nitrogens with two attached hydrogens (primary N) is 2. The van der Waals surface area contributed by atoms with E-state index < -0.39 is 0 Å². The Morgan fingerprint density at radius 3 is 2.50 bits per heavy atom. The summed E-state index contributed by atoms with van der Waals surface area (Å²) < 4.78 is 0. The van der Waals surface area contributed by atoms with Crippen LogP contribution in [0.4, 0.5) is 0 Å². The Hall–Kier alpha value is -2.07. The van der Waals surface area contributed by atoms with Gasteiger partial charge < -0.3 is 11.5 Å². The lowest BCUT2D eigenvalue weighted by Crippen LogP contribution is -2.36. The zero-order chi connectivity index (χ0) is 16.3. The fourth-order valence-corrected chi connectivity index (χ4v) is 2.90. The molecule has 0 spiro atoms. The largest absolute Gasteiger partial charge is 0.398 e. The third-order valence-electron chi connectivity index (χ3n) is 4.17. The molecule has 118 valence electrons. The van der Waals surface area contributed by atoms with Gasteiger partial charge in [0.2, 0.25) is 0 Å². The van der Waals surface area contributed by atoms with Gasteiger partial charge in [-0.3, -0.25) is 9.69 Å². The normalized spacial score (nSPS) is 18.4. The number of carbonyl (C=O) groups is 1. The first kappa shape index (κ1) is 16.3. The highest BCUT2D eigenvalue weighted by Crippen LogP contribution is 2.30. The highest BCUT2D eigenvalue weighted by Gasteiger charge is 2.28. The summed E-state index contributed by atoms with van der Waals surface area (Å²) in [5.41, 5.74) is 16.6. The molecule has 0 saturated heterocycles. The molecule has 0 bridgehead atoms. The maximum absolute atomic E-state index is 13.1. The smallest absolute Gasteiger partial charge is 0.264 e. The van der Waals surface area contributed by atoms with E-state index in [4.69, 9.17) is 11.5 Å². The topological polar surface area (TPSA) is 72.3 Å². The molecule has 2 rings (SSSR count). The number of allylic oxidation sites excluding steroid dienone is 5. The van der Waals surface area contributed by atoms with Crippen molar-refractivity contribution in [3.05, 3.63) is 58.6 Å². The Balaban J connectivity index is 2.45. The molecule has 4 nitrogen and oxygen atoms in total. The number of hydrogen-bond acceptors (Lipinski definition) is 3. The van der Waals surface area contributed by atoms with Gasteiger partial charge in [0, 0.05) is 23.6 Å². The van der Waals surface area contributed by atoms with Gasteiger partial charge in [-0.25, -0.2) is 0 Å². The van der Waals surface area contributed by atoms with Crippen LogP contribution < -0.4 is 11.5 Å². The van der Waals surface area contributed by atoms with E-state index in [0.29, 0.717) is 17.0 Å². The van der Waals surface area contributed by atoms with E-state index in [1.807, 2.05) is 19.9 Å². The third kappa shape index (κ3) is 3.07. The zero-order valence-electron chi connectivity index (χ0n) is 13.5. The van der Waals surface area contributed by atoms with Crippen LogP contribution in [-0.4, -0.2) is 17.4 Å². The second kappa shape index (κ2) is 6.79. The molecule has 0 saturated carbocycles. The van der Waals surface area contributed by atoms with Crippen LogP contribution >= 0.6 is 0 Å². The van der Waals surface area contributed by atoms with Crippen LogP contribution in [0.25, 0.3) is 0 Å². The molecule has 4 N–H and O–H groups in total. The van der Waals surface area contributed by atoms with Crippen molar-refractivity contribution in [2.45, 2.75) is 39.5 Å². The molecule has 0 heterocycles. The van der Waals surface area contributed by atoms with Crippen molar-refractivity contribution in [1.82, 2.24) is 4.90 Å². The second-order valence-electron chi connectivity index (χ2n) is 5.82. The zero-order valence-corrected chi connectivity index (χ0v) is 13.5. The van der Waals surface area contributed by atoms with Crippen molar-refractivity contribution in [1.29, 1.82) is 0 Å². The van der Waals surface area contributed by atoms with Gasteiger partial charge in [-0.15, -0.1) is 0 Å². The van der Waals surface area contributed by atoms with Crippen molar-refractivity contribution in [3.63, 3.8) is 0 Å². The van der Waals surface area contributed by atoms with Crippen molar-refractivity contribution in [2.75, 3.05) is 6.54 Å². The fourth-order valence-electron chi connectivity index (χ4n) is 2.90. The summed E-state index contributed by atoms with van der Waals surface area (Å²) in [7, 11) is 0. The van der Waals surface area contributed by atoms with Crippen molar-refractivity contribution in [3.8, 4) is 0 Å². The number of rotatable bonds is 4. The van der Waals surface area contributed by atoms with Gasteiger partial charge in [-0.1, -0.05) is 30.4 Å². The Kier molecular flexibility index (Phi) is 5.03. The predicted molar refractivity (Wildman–Crippen MR) is 90.3 cm³/mol. The fraction of sp³-hybridized carbons (Fsp3) is 0.389. The second-order valence-corrected chi connectivity index (χ2v) is 5.82. The lowest BCUT2D eigenvalue weighted by atomic mass is 9.94. The van der Waals surface area contributed by atoms with Gasteiger partial charge in [0.25, 0.3) is 5.91 Å². The van der Waals surface area contributed by atoms with Crippen molar-refractivity contribution in [2.24, 2.45) is 11.5 Å². The number of amides is 1. The first-order valence-electron chi connectivity index (χ1n) is 7.72. The van der Waals surface area contributed by atoms with E-state index in [9.17, 15) is 4.79 Å². The maximum atomic E-state index is 13.1. The quantitative estimate of drug-likeness (QED) is 0.838. The van der Waals surface area contributed by atoms with Crippen LogP contribution in [0.2, 0.25) is 0 Å². The number of carbonyl (C=O) groups excluding carboxylic acids is 1. The molecule has 0 aromatic carbocycles. The van der Waals surface area contributed by atoms with E-state index in [1.54, 1.807) is 4.90 Å². The Bertz CT molecular complexity index is 620. The monoisotopic (exact) mass is 299 g/mol. The van der Waals surface area contributed by atoms with E-state index in [-0.39, 0.29) is 12.5 Å². The molecule has 0 radical (unpaired) electrons. The van der Waals surface area contributed by atoms with E-state index in [0.717, 1.165) is 42.5 Å². The molecular weight excluding hydrogens is 274 g/mol. The lowest BCUT2D eigenvalue weighted by molar-refractivity contribution is -0.123. The van der Waals surface area contributed by atoms with Gasteiger partial charge in [-0.05, 0) is 45.1 Å². The molecule has 2 aliphatic rings. The summed E-state index contributed by atoms with van der Waals surface area (Å²) in [6, 6.07) is 0. The molecule has 2 aliphatic carbocycles. The van der Waals surface area contributed by atoms with Crippen LogP contribution in [0.1, 0.15) is 39.5 Å². The van der Waals surface area contributed by atoms with Crippen LogP contribution in [0, 0.1) is 0 Å². The molecule has 0 fully saturated rings. The van der Waals surface area contributed by atoms with Gasteiger partial charge in [-0.2, -0.15) is 0 Å². The minimum absolute atomic E-state index is 0.123. The van der Waals surface area contributed by atoms with Gasteiger partial charge in [0.05, 0.1) is 5.57 Å². The summed E-state index contributed by atoms with van der Waals surface area (Å²) in [6.45, 7) is 8.18. The number of hydrogen-bond donors (Lipinski definition) is 2. The first-order valence-corrected chi connectivity index (χ1v) is 7.72. The summed E-state index contributed by atoms with van der Waals surface area (Å²) in [5.74, 6) is -0.123. The molecule has 0 aliphatic heterocycles. The van der Waals surface area contributed by atoms with E-state index >= 15 is 0 Å². The summed E-state index contributed by atoms with van der Waals surface area (Å²) >= 11 is 0. The minimum atomic E-state index is -0.123. The maximum Gasteiger partial charge on any atom is 0.264 e. The van der Waals surface area contributed by atoms with Crippen molar-refractivity contribution >= 4 is 5.91 Å². The summed E-state index contributed by atoms with van der Waals surface area (Å²) in [5, 5.41) is 0. The van der Waals surface area contributed by atoms with Gasteiger partial charge in [0.15, 0.2) is 0 Å². The molecule has 4 heteroatoms. The summed E-state index contributed by atoms with van der Waals surface area (Å²) in [6.07, 6.45) is 9.79. The standard InChI is InChI=1S/C18H25N3O/c1-12-7-4-5-10-16(12)21(14(3)11-19)18(22)17-13(2)8-6-9-15(17)20/h7,9-10H,3-6,8,11,19-20H2,1-2H3. The molecule has 0 aromatic rings. The number of nitrogens with zero attached hydrogens (tertiary/aromatic N) is 1. The van der Waals surface area contributed by atoms with Gasteiger partial charge in [0.1, 0.15) is 0 Å². The summed E-state index contributed by atoms with van der Waals surface area (Å²) in [4.78, 5) is 14.8. The average molecular weight is 299 g/mol. The third-order valence-corrected chi connectivity index (χ3v) is 4.17. The van der Waals surface area contributed by atoms with E-state index in [1.165, 1.54) is 0 Å². The molecule has 22 heavy (non-hydrogen) atoms. The Labute approximate surface area is 132 Å². The minimum Gasteiger partial charge on any atom is -0.398 e. The van der Waals surface area contributed by atoms with Crippen LogP contribution in [-0.2, 0) is 4.79 Å². The Morgan fingerprint density at radius 1 is 1.23 bits per heavy atom. The molecular formula is C18H25N3O. The highest BCUT2D eigenvalue weighted by atomic mass is 16.2. The molecule has 0 aromatic heterocycles. The molecule has 0 atom stereocenters. The van der Waals surface area contributed by atoms with Crippen molar-refractivity contribution < 1.29 is 4.79 Å². The SMILES string of the molecule is C=C(CN)N(C(=O)C1=C(C)CCC=C1N)C1=CCCC=C1C. The van der Waals surface area contributed by atoms with Crippen LogP contribution in [0.3, 0.4) is 0 Å². The first-order chi connectivity index (χ1) is 10.5. The Morgan fingerprint density at radius 2 is 1.91 bits per heavy atom. The van der Waals surface area contributed by atoms with Crippen LogP contribution in [0.5, 0.6) is 0 Å². The highest BCUT2D eigenvalue weighted by molar-refractivity contribution is 6.01. The van der Waals surface area contributed by atoms with Gasteiger partial charge >= 0.3 is 0 Å². The van der Waals surface area contributed by atoms with Crippen LogP contribution in [0.15, 0.2) is 58.6 Å². The average Bonchev–Trinajstić information content (AvgIpc) is 2.49. The molecule has 1 amide bonds. The molecule has 0 unspecified atom stereocenters. The lowest BCUT2D eigenvalue weighted by Gasteiger charge is -2.31. The van der Waals surface area contributed by atoms with E-state index in [2.05, 4.69) is 18.7 Å². The predicted octanol–water partition coefficient (Wildman–Crippen LogP) is 2.86.